The van der Waals surface area contributed by atoms with E-state index in [9.17, 15) is 13.2 Å². The first-order chi connectivity index (χ1) is 11.9. The Morgan fingerprint density at radius 1 is 1.40 bits per heavy atom. The van der Waals surface area contributed by atoms with Crippen LogP contribution in [0.4, 0.5) is 0 Å². The lowest BCUT2D eigenvalue weighted by atomic mass is 9.99. The van der Waals surface area contributed by atoms with Crippen molar-refractivity contribution in [1.82, 2.24) is 9.62 Å². The molecule has 1 aliphatic rings. The van der Waals surface area contributed by atoms with Gasteiger partial charge < -0.3 is 5.32 Å². The molecule has 1 amide bonds. The molecule has 1 aliphatic heterocycles. The highest BCUT2D eigenvalue weighted by atomic mass is 32.2. The van der Waals surface area contributed by atoms with Gasteiger partial charge in [-0.05, 0) is 32.3 Å². The van der Waals surface area contributed by atoms with Crippen LogP contribution in [0.15, 0.2) is 24.3 Å². The second kappa shape index (κ2) is 9.59. The van der Waals surface area contributed by atoms with E-state index in [1.807, 2.05) is 0 Å². The van der Waals surface area contributed by atoms with E-state index < -0.39 is 10.0 Å². The number of piperidine rings is 1. The van der Waals surface area contributed by atoms with Crippen LogP contribution >= 0.6 is 11.8 Å². The van der Waals surface area contributed by atoms with Crippen molar-refractivity contribution in [3.63, 3.8) is 0 Å². The molecule has 1 aromatic carbocycles. The maximum Gasteiger partial charge on any atom is 0.224 e. The molecule has 0 saturated carbocycles. The number of sulfonamides is 1. The van der Waals surface area contributed by atoms with Crippen LogP contribution < -0.4 is 5.32 Å². The molecular weight excluding hydrogens is 356 g/mol. The van der Waals surface area contributed by atoms with Crippen molar-refractivity contribution in [2.24, 2.45) is 5.92 Å². The van der Waals surface area contributed by atoms with E-state index in [2.05, 4.69) is 36.5 Å². The van der Waals surface area contributed by atoms with Crippen molar-refractivity contribution in [3.8, 4) is 0 Å². The molecule has 1 heterocycles. The fraction of sp³-hybridized carbons (Fsp3) is 0.611. The van der Waals surface area contributed by atoms with Crippen molar-refractivity contribution in [2.45, 2.75) is 32.4 Å². The summed E-state index contributed by atoms with van der Waals surface area (Å²) in [6.45, 7) is 5.20. The summed E-state index contributed by atoms with van der Waals surface area (Å²) in [5, 5.41) is 2.96. The summed E-state index contributed by atoms with van der Waals surface area (Å²) in [6.07, 6.45) is 1.51. The van der Waals surface area contributed by atoms with E-state index in [4.69, 9.17) is 0 Å². The lowest BCUT2D eigenvalue weighted by molar-refractivity contribution is -0.125. The van der Waals surface area contributed by atoms with Gasteiger partial charge in [0.05, 0.1) is 11.7 Å². The molecule has 0 spiro atoms. The topological polar surface area (TPSA) is 66.5 Å². The highest BCUT2D eigenvalue weighted by Crippen LogP contribution is 2.20. The maximum absolute atomic E-state index is 12.3. The van der Waals surface area contributed by atoms with Crippen LogP contribution in [0.25, 0.3) is 0 Å². The fourth-order valence-corrected chi connectivity index (χ4v) is 4.96. The largest absolute Gasteiger partial charge is 0.355 e. The second-order valence-electron chi connectivity index (χ2n) is 6.43. The van der Waals surface area contributed by atoms with Crippen molar-refractivity contribution in [3.05, 3.63) is 35.4 Å². The number of carbonyl (C=O) groups is 1. The molecule has 0 aliphatic carbocycles. The summed E-state index contributed by atoms with van der Waals surface area (Å²) >= 11 is 1.79. The summed E-state index contributed by atoms with van der Waals surface area (Å²) in [6, 6.07) is 8.44. The minimum Gasteiger partial charge on any atom is -0.355 e. The molecule has 5 nitrogen and oxygen atoms in total. The van der Waals surface area contributed by atoms with E-state index >= 15 is 0 Å². The van der Waals surface area contributed by atoms with Crippen LogP contribution in [0.1, 0.15) is 30.9 Å². The monoisotopic (exact) mass is 384 g/mol. The average molecular weight is 385 g/mol. The minimum atomic E-state index is -3.20. The molecule has 2 rings (SSSR count). The Morgan fingerprint density at radius 2 is 2.20 bits per heavy atom. The molecule has 1 N–H and O–H groups in total. The number of thioether (sulfide) groups is 1. The molecule has 140 valence electrons. The van der Waals surface area contributed by atoms with E-state index in [0.29, 0.717) is 19.6 Å². The number of carbonyl (C=O) groups excluding carboxylic acids is 1. The van der Waals surface area contributed by atoms with E-state index in [-0.39, 0.29) is 17.6 Å². The molecule has 0 radical (unpaired) electrons. The molecular formula is C18H28N2O3S2. The summed E-state index contributed by atoms with van der Waals surface area (Å²) in [5.41, 5.74) is 2.55. The smallest absolute Gasteiger partial charge is 0.224 e. The van der Waals surface area contributed by atoms with Crippen molar-refractivity contribution >= 4 is 27.7 Å². The average Bonchev–Trinajstić information content (AvgIpc) is 2.61. The summed E-state index contributed by atoms with van der Waals surface area (Å²) in [5.74, 6) is 1.63. The molecule has 25 heavy (non-hydrogen) atoms. The number of rotatable bonds is 8. The second-order valence-corrected chi connectivity index (χ2v) is 9.79. The lowest BCUT2D eigenvalue weighted by Crippen LogP contribution is -2.46. The molecule has 0 bridgehead atoms. The molecule has 1 atom stereocenters. The van der Waals surface area contributed by atoms with Crippen LogP contribution in [0, 0.1) is 12.8 Å². The van der Waals surface area contributed by atoms with Gasteiger partial charge in [-0.15, -0.1) is 0 Å². The SMILES string of the molecule is CCS(=O)(=O)N1CCC[C@@H](C(=O)NCCSCc2cccc(C)c2)C1. The van der Waals surface area contributed by atoms with Crippen molar-refractivity contribution in [2.75, 3.05) is 31.1 Å². The number of nitrogens with one attached hydrogen (secondary N) is 1. The zero-order chi connectivity index (χ0) is 18.3. The Morgan fingerprint density at radius 3 is 2.92 bits per heavy atom. The number of amides is 1. The first-order valence-electron chi connectivity index (χ1n) is 8.81. The Balaban J connectivity index is 1.69. The number of nitrogens with zero attached hydrogens (tertiary/aromatic N) is 1. The number of benzene rings is 1. The van der Waals surface area contributed by atoms with E-state index in [1.54, 1.807) is 18.7 Å². The van der Waals surface area contributed by atoms with Crippen molar-refractivity contribution < 1.29 is 13.2 Å². The fourth-order valence-electron chi connectivity index (χ4n) is 2.97. The molecule has 1 aromatic rings. The lowest BCUT2D eigenvalue weighted by Gasteiger charge is -2.30. The van der Waals surface area contributed by atoms with Crippen LogP contribution in [-0.2, 0) is 20.6 Å². The van der Waals surface area contributed by atoms with Crippen LogP contribution in [0.3, 0.4) is 0 Å². The maximum atomic E-state index is 12.3. The molecule has 7 heteroatoms. The van der Waals surface area contributed by atoms with Gasteiger partial charge in [0.15, 0.2) is 0 Å². The summed E-state index contributed by atoms with van der Waals surface area (Å²) < 4.78 is 25.4. The molecule has 1 saturated heterocycles. The van der Waals surface area contributed by atoms with Crippen LogP contribution in [0.2, 0.25) is 0 Å². The van der Waals surface area contributed by atoms with Gasteiger partial charge in [0.1, 0.15) is 0 Å². The zero-order valence-corrected chi connectivity index (χ0v) is 16.7. The summed E-state index contributed by atoms with van der Waals surface area (Å²) in [7, 11) is -3.20. The Kier molecular flexibility index (Phi) is 7.78. The highest BCUT2D eigenvalue weighted by Gasteiger charge is 2.31. The standard InChI is InChI=1S/C18H28N2O3S2/c1-3-25(22,23)20-10-5-8-17(13-20)18(21)19-9-11-24-14-16-7-4-6-15(2)12-16/h4,6-7,12,17H,3,5,8-11,13-14H2,1-2H3,(H,19,21)/t17-/m1/s1. The van der Waals surface area contributed by atoms with E-state index in [1.165, 1.54) is 15.4 Å². The normalized spacial score (nSPS) is 18.9. The van der Waals surface area contributed by atoms with Gasteiger partial charge >= 0.3 is 0 Å². The van der Waals surface area contributed by atoms with Gasteiger partial charge in [-0.1, -0.05) is 29.8 Å². The number of hydrogen-bond acceptors (Lipinski definition) is 4. The van der Waals surface area contributed by atoms with Gasteiger partial charge in [-0.2, -0.15) is 11.8 Å². The van der Waals surface area contributed by atoms with Gasteiger partial charge in [-0.25, -0.2) is 12.7 Å². The van der Waals surface area contributed by atoms with Crippen molar-refractivity contribution in [1.29, 1.82) is 0 Å². The minimum absolute atomic E-state index is 0.0211. The van der Waals surface area contributed by atoms with Gasteiger partial charge in [0, 0.05) is 31.1 Å². The number of aryl methyl sites for hydroxylation is 1. The molecule has 0 aromatic heterocycles. The first kappa shape index (κ1) is 20.3. The third kappa shape index (κ3) is 6.31. The quantitative estimate of drug-likeness (QED) is 0.699. The third-order valence-electron chi connectivity index (χ3n) is 4.41. The predicted octanol–water partition coefficient (Wildman–Crippen LogP) is 2.41. The van der Waals surface area contributed by atoms with Gasteiger partial charge in [0.2, 0.25) is 15.9 Å². The predicted molar refractivity (Wildman–Crippen MR) is 104 cm³/mol. The Labute approximate surface area is 155 Å². The Bertz CT molecular complexity index is 677. The van der Waals surface area contributed by atoms with Gasteiger partial charge in [0.25, 0.3) is 0 Å². The highest BCUT2D eigenvalue weighted by molar-refractivity contribution is 7.98. The third-order valence-corrected chi connectivity index (χ3v) is 7.29. The number of hydrogen-bond donors (Lipinski definition) is 1. The van der Waals surface area contributed by atoms with E-state index in [0.717, 1.165) is 24.3 Å². The van der Waals surface area contributed by atoms with Gasteiger partial charge in [-0.3, -0.25) is 4.79 Å². The Hall–Kier alpha value is -1.05. The van der Waals surface area contributed by atoms with Crippen LogP contribution in [-0.4, -0.2) is 49.8 Å². The molecule has 1 fully saturated rings. The summed E-state index contributed by atoms with van der Waals surface area (Å²) in [4.78, 5) is 12.3. The first-order valence-corrected chi connectivity index (χ1v) is 11.6. The zero-order valence-electron chi connectivity index (χ0n) is 15.0. The molecule has 0 unspecified atom stereocenters. The van der Waals surface area contributed by atoms with Crippen LogP contribution in [0.5, 0.6) is 0 Å².